The lowest BCUT2D eigenvalue weighted by Gasteiger charge is -2.04. The van der Waals surface area contributed by atoms with Crippen LogP contribution >= 0.6 is 11.3 Å². The molecule has 1 amide bonds. The molecule has 2 N–H and O–H groups in total. The van der Waals surface area contributed by atoms with E-state index in [9.17, 15) is 9.18 Å². The van der Waals surface area contributed by atoms with Gasteiger partial charge in [-0.25, -0.2) is 4.39 Å². The Morgan fingerprint density at radius 2 is 2.25 bits per heavy atom. The summed E-state index contributed by atoms with van der Waals surface area (Å²) in [4.78, 5) is 12.5. The second-order valence-electron chi connectivity index (χ2n) is 3.94. The van der Waals surface area contributed by atoms with Crippen LogP contribution in [0.4, 0.5) is 4.39 Å². The van der Waals surface area contributed by atoms with E-state index < -0.39 is 0 Å². The number of thiophene rings is 1. The van der Waals surface area contributed by atoms with Gasteiger partial charge in [0, 0.05) is 12.1 Å². The van der Waals surface area contributed by atoms with E-state index in [4.69, 9.17) is 5.11 Å². The fourth-order valence-corrected chi connectivity index (χ4v) is 2.39. The van der Waals surface area contributed by atoms with Crippen molar-refractivity contribution in [3.63, 3.8) is 0 Å². The van der Waals surface area contributed by atoms with Crippen LogP contribution in [0.2, 0.25) is 0 Å². The summed E-state index contributed by atoms with van der Waals surface area (Å²) in [6.45, 7) is 0.00155. The first-order valence-corrected chi connectivity index (χ1v) is 6.78. The lowest BCUT2D eigenvalue weighted by molar-refractivity contribution is 0.0954. The van der Waals surface area contributed by atoms with Crippen molar-refractivity contribution in [2.45, 2.75) is 6.54 Å². The fraction of sp³-hybridized carbons (Fsp3) is 0.133. The zero-order valence-electron chi connectivity index (χ0n) is 10.5. The number of amides is 1. The lowest BCUT2D eigenvalue weighted by Crippen LogP contribution is -2.22. The Labute approximate surface area is 120 Å². The second-order valence-corrected chi connectivity index (χ2v) is 4.85. The van der Waals surface area contributed by atoms with Gasteiger partial charge in [0.2, 0.25) is 0 Å². The third-order valence-corrected chi connectivity index (χ3v) is 3.43. The van der Waals surface area contributed by atoms with Crippen molar-refractivity contribution >= 4 is 17.2 Å². The second kappa shape index (κ2) is 6.85. The summed E-state index contributed by atoms with van der Waals surface area (Å²) < 4.78 is 13.0. The van der Waals surface area contributed by atoms with E-state index in [1.165, 1.54) is 23.5 Å². The predicted octanol–water partition coefficient (Wildman–Crippen LogP) is 2.16. The fourth-order valence-electron chi connectivity index (χ4n) is 1.63. The molecule has 5 heteroatoms. The minimum atomic E-state index is -0.331. The summed E-state index contributed by atoms with van der Waals surface area (Å²) in [5.74, 6) is 4.64. The van der Waals surface area contributed by atoms with Gasteiger partial charge in [-0.15, -0.1) is 11.3 Å². The summed E-state index contributed by atoms with van der Waals surface area (Å²) >= 11 is 1.28. The topological polar surface area (TPSA) is 49.3 Å². The van der Waals surface area contributed by atoms with Gasteiger partial charge in [0.25, 0.3) is 5.91 Å². The molecule has 0 aliphatic rings. The zero-order valence-corrected chi connectivity index (χ0v) is 11.3. The molecular weight excluding hydrogens is 277 g/mol. The highest BCUT2D eigenvalue weighted by Gasteiger charge is 2.11. The smallest absolute Gasteiger partial charge is 0.262 e. The summed E-state index contributed by atoms with van der Waals surface area (Å²) in [6, 6.07) is 7.79. The molecule has 1 heterocycles. The molecular formula is C15H12FNO2S. The first-order chi connectivity index (χ1) is 9.70. The number of rotatable bonds is 3. The molecule has 1 aromatic heterocycles. The quantitative estimate of drug-likeness (QED) is 0.851. The van der Waals surface area contributed by atoms with Crippen molar-refractivity contribution in [3.05, 3.63) is 57.5 Å². The van der Waals surface area contributed by atoms with Gasteiger partial charge >= 0.3 is 0 Å². The summed E-state index contributed by atoms with van der Waals surface area (Å²) in [5, 5.41) is 13.1. The molecule has 0 saturated heterocycles. The molecule has 0 bridgehead atoms. The summed E-state index contributed by atoms with van der Waals surface area (Å²) in [5.41, 5.74) is 1.28. The number of benzene rings is 1. The Morgan fingerprint density at radius 1 is 1.40 bits per heavy atom. The monoisotopic (exact) mass is 289 g/mol. The Bertz CT molecular complexity index is 670. The van der Waals surface area contributed by atoms with Crippen LogP contribution < -0.4 is 5.32 Å². The molecule has 0 spiro atoms. The van der Waals surface area contributed by atoms with Gasteiger partial charge in [-0.05, 0) is 29.1 Å². The Kier molecular flexibility index (Phi) is 4.88. The molecule has 102 valence electrons. The largest absolute Gasteiger partial charge is 0.384 e. The highest BCUT2D eigenvalue weighted by molar-refractivity contribution is 7.12. The molecule has 0 unspecified atom stereocenters. The molecule has 3 nitrogen and oxygen atoms in total. The maximum absolute atomic E-state index is 13.0. The van der Waals surface area contributed by atoms with Crippen molar-refractivity contribution < 1.29 is 14.3 Å². The van der Waals surface area contributed by atoms with Crippen LogP contribution in [0, 0.1) is 17.7 Å². The van der Waals surface area contributed by atoms with E-state index in [-0.39, 0.29) is 24.9 Å². The van der Waals surface area contributed by atoms with Gasteiger partial charge in [0.1, 0.15) is 17.3 Å². The maximum Gasteiger partial charge on any atom is 0.262 e. The highest BCUT2D eigenvalue weighted by atomic mass is 32.1. The maximum atomic E-state index is 13.0. The molecule has 0 radical (unpaired) electrons. The lowest BCUT2D eigenvalue weighted by atomic mass is 10.2. The van der Waals surface area contributed by atoms with Crippen LogP contribution in [-0.4, -0.2) is 17.6 Å². The van der Waals surface area contributed by atoms with Crippen molar-refractivity contribution in [2.24, 2.45) is 0 Å². The molecule has 0 saturated carbocycles. The minimum absolute atomic E-state index is 0.250. The van der Waals surface area contributed by atoms with E-state index in [0.29, 0.717) is 16.0 Å². The average Bonchev–Trinajstić information content (AvgIpc) is 2.91. The average molecular weight is 289 g/mol. The van der Waals surface area contributed by atoms with Gasteiger partial charge in [0.05, 0.1) is 0 Å². The van der Waals surface area contributed by atoms with Gasteiger partial charge in [-0.3, -0.25) is 4.79 Å². The Hall–Kier alpha value is -2.16. The number of carbonyl (C=O) groups is 1. The van der Waals surface area contributed by atoms with E-state index in [1.807, 2.05) is 0 Å². The standard InChI is InChI=1S/C15H12FNO2S/c16-13-5-1-3-11(9-13)10-17-15(19)14-12(4-2-7-18)6-8-20-14/h1,3,5-6,8-9,18H,7,10H2,(H,17,19). The van der Waals surface area contributed by atoms with Crippen LogP contribution in [-0.2, 0) is 6.54 Å². The first-order valence-electron chi connectivity index (χ1n) is 5.90. The number of carbonyl (C=O) groups excluding carboxylic acids is 1. The van der Waals surface area contributed by atoms with Crippen molar-refractivity contribution in [3.8, 4) is 11.8 Å². The Balaban J connectivity index is 2.04. The first kappa shape index (κ1) is 14.3. The number of aliphatic hydroxyl groups excluding tert-OH is 1. The Morgan fingerprint density at radius 3 is 3.00 bits per heavy atom. The number of aliphatic hydroxyl groups is 1. The number of nitrogens with one attached hydrogen (secondary N) is 1. The van der Waals surface area contributed by atoms with Gasteiger partial charge < -0.3 is 10.4 Å². The van der Waals surface area contributed by atoms with Crippen molar-refractivity contribution in [2.75, 3.05) is 6.61 Å². The van der Waals surface area contributed by atoms with E-state index in [0.717, 1.165) is 0 Å². The van der Waals surface area contributed by atoms with Gasteiger partial charge in [0.15, 0.2) is 0 Å². The summed E-state index contributed by atoms with van der Waals surface area (Å²) in [7, 11) is 0. The molecule has 0 fully saturated rings. The van der Waals surface area contributed by atoms with Gasteiger partial charge in [-0.1, -0.05) is 24.0 Å². The van der Waals surface area contributed by atoms with Crippen LogP contribution in [0.3, 0.4) is 0 Å². The predicted molar refractivity (Wildman–Crippen MR) is 75.9 cm³/mol. The van der Waals surface area contributed by atoms with Crippen LogP contribution in [0.15, 0.2) is 35.7 Å². The number of hydrogen-bond donors (Lipinski definition) is 2. The SMILES string of the molecule is O=C(NCc1cccc(F)c1)c1sccc1C#CCO. The normalized spacial score (nSPS) is 9.70. The molecule has 0 atom stereocenters. The highest BCUT2D eigenvalue weighted by Crippen LogP contribution is 2.15. The van der Waals surface area contributed by atoms with Crippen LogP contribution in [0.1, 0.15) is 20.8 Å². The molecule has 0 aliphatic heterocycles. The molecule has 0 aliphatic carbocycles. The molecule has 2 aromatic rings. The molecule has 20 heavy (non-hydrogen) atoms. The van der Waals surface area contributed by atoms with Crippen molar-refractivity contribution in [1.82, 2.24) is 5.32 Å². The van der Waals surface area contributed by atoms with Crippen LogP contribution in [0.25, 0.3) is 0 Å². The number of halogens is 1. The third kappa shape index (κ3) is 3.67. The van der Waals surface area contributed by atoms with E-state index >= 15 is 0 Å². The van der Waals surface area contributed by atoms with E-state index in [1.54, 1.807) is 23.6 Å². The van der Waals surface area contributed by atoms with Crippen LogP contribution in [0.5, 0.6) is 0 Å². The van der Waals surface area contributed by atoms with Gasteiger partial charge in [-0.2, -0.15) is 0 Å². The molecule has 2 rings (SSSR count). The zero-order chi connectivity index (χ0) is 14.4. The minimum Gasteiger partial charge on any atom is -0.384 e. The number of hydrogen-bond acceptors (Lipinski definition) is 3. The van der Waals surface area contributed by atoms with E-state index in [2.05, 4.69) is 17.2 Å². The van der Waals surface area contributed by atoms with Crippen molar-refractivity contribution in [1.29, 1.82) is 0 Å². The third-order valence-electron chi connectivity index (χ3n) is 2.52. The molecule has 1 aromatic carbocycles. The summed E-state index contributed by atoms with van der Waals surface area (Å²) in [6.07, 6.45) is 0.